The Kier molecular flexibility index (Phi) is 5.39. The Morgan fingerprint density at radius 3 is 2.72 bits per heavy atom. The van der Waals surface area contributed by atoms with Crippen LogP contribution in [0.3, 0.4) is 0 Å². The van der Waals surface area contributed by atoms with Gasteiger partial charge in [-0.05, 0) is 44.4 Å². The maximum absolute atomic E-state index is 12.4. The van der Waals surface area contributed by atoms with Gasteiger partial charge in [-0.1, -0.05) is 36.9 Å². The molecule has 2 aromatic heterocycles. The van der Waals surface area contributed by atoms with Gasteiger partial charge in [0.05, 0.1) is 5.75 Å². The molecule has 0 aliphatic heterocycles. The van der Waals surface area contributed by atoms with E-state index in [1.807, 2.05) is 31.2 Å². The third kappa shape index (κ3) is 3.85. The summed E-state index contributed by atoms with van der Waals surface area (Å²) in [5.41, 5.74) is 3.24. The van der Waals surface area contributed by atoms with Crippen molar-refractivity contribution in [3.63, 3.8) is 0 Å². The smallest absolute Gasteiger partial charge is 0.234 e. The molecule has 25 heavy (non-hydrogen) atoms. The Balaban J connectivity index is 1.77. The van der Waals surface area contributed by atoms with Crippen molar-refractivity contribution in [2.75, 3.05) is 11.1 Å². The van der Waals surface area contributed by atoms with Crippen LogP contribution in [-0.4, -0.2) is 21.6 Å². The molecule has 0 saturated heterocycles. The van der Waals surface area contributed by atoms with Crippen LogP contribution in [0, 0.1) is 20.8 Å². The first-order chi connectivity index (χ1) is 12.0. The Hall–Kier alpha value is -1.92. The van der Waals surface area contributed by atoms with E-state index in [2.05, 4.69) is 36.1 Å². The van der Waals surface area contributed by atoms with E-state index >= 15 is 0 Å². The van der Waals surface area contributed by atoms with Gasteiger partial charge in [0.2, 0.25) is 5.91 Å². The summed E-state index contributed by atoms with van der Waals surface area (Å²) in [6.07, 6.45) is 0.892. The van der Waals surface area contributed by atoms with Crippen LogP contribution < -0.4 is 5.32 Å². The van der Waals surface area contributed by atoms with Crippen LogP contribution in [0.2, 0.25) is 0 Å². The van der Waals surface area contributed by atoms with Crippen molar-refractivity contribution < 1.29 is 4.79 Å². The number of amides is 1. The maximum Gasteiger partial charge on any atom is 0.234 e. The molecule has 0 aliphatic carbocycles. The van der Waals surface area contributed by atoms with Gasteiger partial charge in [-0.25, -0.2) is 9.97 Å². The first-order valence-corrected chi connectivity index (χ1v) is 10.0. The molecule has 0 spiro atoms. The van der Waals surface area contributed by atoms with Gasteiger partial charge in [0.25, 0.3) is 0 Å². The van der Waals surface area contributed by atoms with Crippen molar-refractivity contribution in [3.8, 4) is 0 Å². The summed E-state index contributed by atoms with van der Waals surface area (Å²) >= 11 is 3.16. The molecule has 4 nitrogen and oxygen atoms in total. The predicted octanol–water partition coefficient (Wildman–Crippen LogP) is 4.91. The fourth-order valence-electron chi connectivity index (χ4n) is 2.69. The van der Waals surface area contributed by atoms with E-state index in [0.717, 1.165) is 38.7 Å². The number of hydrogen-bond donors (Lipinski definition) is 1. The SMILES string of the molecule is CCc1ccccc1NC(=O)CSc1nc(C)nc2sc(C)c(C)c12. The van der Waals surface area contributed by atoms with Crippen molar-refractivity contribution >= 4 is 44.9 Å². The number of aromatic nitrogens is 2. The van der Waals surface area contributed by atoms with Crippen LogP contribution >= 0.6 is 23.1 Å². The van der Waals surface area contributed by atoms with Gasteiger partial charge in [-0.2, -0.15) is 0 Å². The van der Waals surface area contributed by atoms with Crippen LogP contribution in [0.5, 0.6) is 0 Å². The lowest BCUT2D eigenvalue weighted by Crippen LogP contribution is -2.15. The highest BCUT2D eigenvalue weighted by Crippen LogP contribution is 2.35. The number of thioether (sulfide) groups is 1. The topological polar surface area (TPSA) is 54.9 Å². The number of carbonyl (C=O) groups is 1. The van der Waals surface area contributed by atoms with E-state index in [-0.39, 0.29) is 5.91 Å². The van der Waals surface area contributed by atoms with Crippen LogP contribution in [0.25, 0.3) is 10.2 Å². The minimum absolute atomic E-state index is 0.0140. The standard InChI is InChI=1S/C19H21N3OS2/c1-5-14-8-6-7-9-15(14)22-16(23)10-24-18-17-11(2)12(3)25-19(17)21-13(4)20-18/h6-9H,5,10H2,1-4H3,(H,22,23). The Labute approximate surface area is 156 Å². The third-order valence-electron chi connectivity index (χ3n) is 4.12. The molecule has 1 N–H and O–H groups in total. The molecule has 0 unspecified atom stereocenters. The molecule has 1 amide bonds. The van der Waals surface area contributed by atoms with Crippen molar-refractivity contribution in [2.45, 2.75) is 39.1 Å². The number of benzene rings is 1. The van der Waals surface area contributed by atoms with E-state index in [4.69, 9.17) is 0 Å². The van der Waals surface area contributed by atoms with Crippen molar-refractivity contribution in [1.82, 2.24) is 9.97 Å². The molecule has 3 rings (SSSR count). The second-order valence-corrected chi connectivity index (χ2v) is 8.05. The van der Waals surface area contributed by atoms with Crippen LogP contribution in [0.4, 0.5) is 5.69 Å². The molecule has 1 aromatic carbocycles. The first-order valence-electron chi connectivity index (χ1n) is 8.24. The van der Waals surface area contributed by atoms with E-state index in [1.165, 1.54) is 22.2 Å². The Morgan fingerprint density at radius 2 is 1.96 bits per heavy atom. The molecular formula is C19H21N3OS2. The number of hydrogen-bond acceptors (Lipinski definition) is 5. The van der Waals surface area contributed by atoms with Gasteiger partial charge in [-0.3, -0.25) is 4.79 Å². The minimum Gasteiger partial charge on any atom is -0.325 e. The largest absolute Gasteiger partial charge is 0.325 e. The lowest BCUT2D eigenvalue weighted by atomic mass is 10.1. The molecule has 0 aliphatic rings. The highest BCUT2D eigenvalue weighted by atomic mass is 32.2. The zero-order valence-electron chi connectivity index (χ0n) is 14.8. The summed E-state index contributed by atoms with van der Waals surface area (Å²) in [7, 11) is 0. The number of para-hydroxylation sites is 1. The molecule has 0 radical (unpaired) electrons. The van der Waals surface area contributed by atoms with Crippen LogP contribution in [-0.2, 0) is 11.2 Å². The van der Waals surface area contributed by atoms with Crippen molar-refractivity contribution in [3.05, 3.63) is 46.1 Å². The van der Waals surface area contributed by atoms with E-state index in [9.17, 15) is 4.79 Å². The van der Waals surface area contributed by atoms with Gasteiger partial charge in [0.1, 0.15) is 15.7 Å². The quantitative estimate of drug-likeness (QED) is 0.511. The number of nitrogens with zero attached hydrogens (tertiary/aromatic N) is 2. The zero-order chi connectivity index (χ0) is 18.0. The summed E-state index contributed by atoms with van der Waals surface area (Å²) in [6, 6.07) is 7.92. The molecule has 6 heteroatoms. The second-order valence-electron chi connectivity index (χ2n) is 5.89. The molecular weight excluding hydrogens is 350 g/mol. The lowest BCUT2D eigenvalue weighted by Gasteiger charge is -2.10. The number of thiophene rings is 1. The fraction of sp³-hybridized carbons (Fsp3) is 0.316. The zero-order valence-corrected chi connectivity index (χ0v) is 16.5. The van der Waals surface area contributed by atoms with E-state index in [1.54, 1.807) is 11.3 Å². The molecule has 0 saturated carbocycles. The number of aryl methyl sites for hydroxylation is 4. The second kappa shape index (κ2) is 7.54. The fourth-order valence-corrected chi connectivity index (χ4v) is 4.76. The molecule has 3 aromatic rings. The van der Waals surface area contributed by atoms with Crippen molar-refractivity contribution in [1.29, 1.82) is 0 Å². The first kappa shape index (κ1) is 17.9. The predicted molar refractivity (Wildman–Crippen MR) is 107 cm³/mol. The van der Waals surface area contributed by atoms with E-state index < -0.39 is 0 Å². The monoisotopic (exact) mass is 371 g/mol. The number of anilines is 1. The highest BCUT2D eigenvalue weighted by molar-refractivity contribution is 8.00. The van der Waals surface area contributed by atoms with Gasteiger partial charge < -0.3 is 5.32 Å². The summed E-state index contributed by atoms with van der Waals surface area (Å²) in [5, 5.41) is 4.99. The summed E-state index contributed by atoms with van der Waals surface area (Å²) in [4.78, 5) is 23.7. The maximum atomic E-state index is 12.4. The molecule has 0 fully saturated rings. The van der Waals surface area contributed by atoms with Gasteiger partial charge >= 0.3 is 0 Å². The van der Waals surface area contributed by atoms with Crippen molar-refractivity contribution in [2.24, 2.45) is 0 Å². The number of fused-ring (bicyclic) bond motifs is 1. The lowest BCUT2D eigenvalue weighted by molar-refractivity contribution is -0.113. The number of nitrogens with one attached hydrogen (secondary N) is 1. The highest BCUT2D eigenvalue weighted by Gasteiger charge is 2.15. The molecule has 0 bridgehead atoms. The normalized spacial score (nSPS) is 11.0. The Morgan fingerprint density at radius 1 is 1.20 bits per heavy atom. The van der Waals surface area contributed by atoms with Gasteiger partial charge in [0.15, 0.2) is 0 Å². The average molecular weight is 372 g/mol. The van der Waals surface area contributed by atoms with Crippen LogP contribution in [0.15, 0.2) is 29.3 Å². The minimum atomic E-state index is -0.0140. The summed E-state index contributed by atoms with van der Waals surface area (Å²) < 4.78 is 0. The Bertz CT molecular complexity index is 934. The van der Waals surface area contributed by atoms with Gasteiger partial charge in [-0.15, -0.1) is 11.3 Å². The summed E-state index contributed by atoms with van der Waals surface area (Å²) in [5.74, 6) is 1.06. The number of carbonyl (C=O) groups excluding carboxylic acids is 1. The van der Waals surface area contributed by atoms with E-state index in [0.29, 0.717) is 5.75 Å². The average Bonchev–Trinajstić information content (AvgIpc) is 2.87. The molecule has 130 valence electrons. The summed E-state index contributed by atoms with van der Waals surface area (Å²) in [6.45, 7) is 8.17. The van der Waals surface area contributed by atoms with Gasteiger partial charge in [0, 0.05) is 16.0 Å². The molecule has 0 atom stereocenters. The third-order valence-corrected chi connectivity index (χ3v) is 6.20. The molecule has 2 heterocycles. The number of rotatable bonds is 5. The van der Waals surface area contributed by atoms with Crippen LogP contribution in [0.1, 0.15) is 28.8 Å².